The lowest BCUT2D eigenvalue weighted by molar-refractivity contribution is -0.140. The van der Waals surface area contributed by atoms with Gasteiger partial charge < -0.3 is 10.1 Å². The Hall–Kier alpha value is -0.540. The Labute approximate surface area is 102 Å². The van der Waals surface area contributed by atoms with Crippen LogP contribution in [0.5, 0.6) is 0 Å². The Morgan fingerprint density at radius 1 is 1.56 bits per heavy atom. The largest absolute Gasteiger partial charge is 0.469 e. The summed E-state index contributed by atoms with van der Waals surface area (Å²) in [6, 6.07) is 0.415. The molecular weight excluding hydrogens is 226 g/mol. The van der Waals surface area contributed by atoms with Gasteiger partial charge in [0.1, 0.15) is 0 Å². The van der Waals surface area contributed by atoms with E-state index in [0.717, 1.165) is 32.2 Å². The zero-order chi connectivity index (χ0) is 11.8. The number of rotatable bonds is 6. The summed E-state index contributed by atoms with van der Waals surface area (Å²) in [6.07, 6.45) is 8.58. The first-order valence-electron chi connectivity index (χ1n) is 5.83. The molecule has 0 spiro atoms. The lowest BCUT2D eigenvalue weighted by Gasteiger charge is -2.10. The lowest BCUT2D eigenvalue weighted by atomic mass is 10.1. The first kappa shape index (κ1) is 13.5. The number of ether oxygens (including phenoxy) is 1. The Morgan fingerprint density at radius 3 is 3.00 bits per heavy atom. The molecule has 0 aromatic carbocycles. The summed E-state index contributed by atoms with van der Waals surface area (Å²) in [6.45, 7) is 1.02. The van der Waals surface area contributed by atoms with Gasteiger partial charge in [-0.2, -0.15) is 0 Å². The van der Waals surface area contributed by atoms with E-state index in [1.54, 1.807) is 0 Å². The van der Waals surface area contributed by atoms with Gasteiger partial charge in [-0.25, -0.2) is 0 Å². The van der Waals surface area contributed by atoms with E-state index < -0.39 is 0 Å². The molecule has 0 amide bonds. The predicted octanol–water partition coefficient (Wildman–Crippen LogP) is 2.25. The summed E-state index contributed by atoms with van der Waals surface area (Å²) in [5, 5.41) is 3.63. The monoisotopic (exact) mass is 245 g/mol. The van der Waals surface area contributed by atoms with Gasteiger partial charge in [0, 0.05) is 12.5 Å². The van der Waals surface area contributed by atoms with Crippen molar-refractivity contribution < 1.29 is 9.53 Å². The van der Waals surface area contributed by atoms with Crippen LogP contribution in [0.4, 0.5) is 0 Å². The third-order valence-corrected chi connectivity index (χ3v) is 3.32. The molecule has 0 aliphatic carbocycles. The van der Waals surface area contributed by atoms with Gasteiger partial charge >= 0.3 is 5.97 Å². The number of nitrogens with one attached hydrogen (secondary N) is 1. The van der Waals surface area contributed by atoms with Gasteiger partial charge in [-0.05, 0) is 32.2 Å². The molecule has 0 saturated carbocycles. The van der Waals surface area contributed by atoms with Gasteiger partial charge in [0.25, 0.3) is 0 Å². The van der Waals surface area contributed by atoms with E-state index in [2.05, 4.69) is 22.2 Å². The molecule has 3 nitrogen and oxygen atoms in total. The molecule has 0 aromatic rings. The van der Waals surface area contributed by atoms with E-state index in [4.69, 9.17) is 11.6 Å². The fourth-order valence-electron chi connectivity index (χ4n) is 1.79. The molecule has 16 heavy (non-hydrogen) atoms. The second-order valence-corrected chi connectivity index (χ2v) is 4.60. The van der Waals surface area contributed by atoms with Crippen LogP contribution in [0.3, 0.4) is 0 Å². The minimum absolute atomic E-state index is 0.133. The maximum Gasteiger partial charge on any atom is 0.305 e. The molecule has 1 rings (SSSR count). The number of carbonyl (C=O) groups is 1. The van der Waals surface area contributed by atoms with Crippen molar-refractivity contribution in [1.82, 2.24) is 5.32 Å². The summed E-state index contributed by atoms with van der Waals surface area (Å²) >= 11 is 6.12. The smallest absolute Gasteiger partial charge is 0.305 e. The van der Waals surface area contributed by atoms with Crippen molar-refractivity contribution in [2.75, 3.05) is 13.7 Å². The highest BCUT2D eigenvalue weighted by atomic mass is 35.5. The number of hydrogen-bond acceptors (Lipinski definition) is 3. The van der Waals surface area contributed by atoms with Crippen molar-refractivity contribution in [2.45, 2.75) is 43.5 Å². The summed E-state index contributed by atoms with van der Waals surface area (Å²) in [4.78, 5) is 10.8. The van der Waals surface area contributed by atoms with E-state index in [1.807, 2.05) is 0 Å². The summed E-state index contributed by atoms with van der Waals surface area (Å²) in [5.74, 6) is -0.133. The van der Waals surface area contributed by atoms with Crippen LogP contribution in [-0.2, 0) is 9.53 Å². The highest BCUT2D eigenvalue weighted by molar-refractivity contribution is 6.21. The number of halogens is 1. The van der Waals surface area contributed by atoms with E-state index in [-0.39, 0.29) is 11.3 Å². The van der Waals surface area contributed by atoms with Crippen LogP contribution in [0.2, 0.25) is 0 Å². The van der Waals surface area contributed by atoms with Gasteiger partial charge in [-0.15, -0.1) is 11.6 Å². The van der Waals surface area contributed by atoms with E-state index >= 15 is 0 Å². The molecule has 4 heteroatoms. The van der Waals surface area contributed by atoms with Crippen LogP contribution in [0.1, 0.15) is 32.1 Å². The third kappa shape index (κ3) is 4.99. The first-order valence-corrected chi connectivity index (χ1v) is 6.27. The number of unbranched alkanes of at least 4 members (excludes halogenated alkanes) is 1. The number of hydrogen-bond donors (Lipinski definition) is 1. The Morgan fingerprint density at radius 2 is 2.38 bits per heavy atom. The average molecular weight is 246 g/mol. The summed E-state index contributed by atoms with van der Waals surface area (Å²) in [7, 11) is 1.42. The normalized spacial score (nSPS) is 25.1. The molecule has 1 N–H and O–H groups in total. The van der Waals surface area contributed by atoms with Crippen LogP contribution in [0, 0.1) is 0 Å². The van der Waals surface area contributed by atoms with Crippen molar-refractivity contribution in [3.8, 4) is 0 Å². The van der Waals surface area contributed by atoms with Crippen molar-refractivity contribution in [2.24, 2.45) is 0 Å². The zero-order valence-electron chi connectivity index (χ0n) is 9.75. The summed E-state index contributed by atoms with van der Waals surface area (Å²) < 4.78 is 4.56. The molecule has 2 atom stereocenters. The zero-order valence-corrected chi connectivity index (χ0v) is 10.5. The quantitative estimate of drug-likeness (QED) is 0.338. The predicted molar refractivity (Wildman–Crippen MR) is 65.7 cm³/mol. The number of esters is 1. The maximum atomic E-state index is 10.8. The Kier molecular flexibility index (Phi) is 6.50. The molecule has 1 fully saturated rings. The lowest BCUT2D eigenvalue weighted by Crippen LogP contribution is -2.26. The van der Waals surface area contributed by atoms with Crippen LogP contribution in [0.15, 0.2) is 12.2 Å². The van der Waals surface area contributed by atoms with Crippen LogP contribution >= 0.6 is 11.6 Å². The molecule has 0 bridgehead atoms. The van der Waals surface area contributed by atoms with Gasteiger partial charge in [0.05, 0.1) is 12.5 Å². The SMILES string of the molecule is COC(=O)CCCC=CC[C@H]1NCC[C@H]1Cl. The minimum Gasteiger partial charge on any atom is -0.469 e. The third-order valence-electron chi connectivity index (χ3n) is 2.80. The molecule has 1 saturated heterocycles. The molecule has 1 aliphatic heterocycles. The number of allylic oxidation sites excluding steroid dienone is 1. The highest BCUT2D eigenvalue weighted by Crippen LogP contribution is 2.16. The van der Waals surface area contributed by atoms with Crippen molar-refractivity contribution in [1.29, 1.82) is 0 Å². The Bertz CT molecular complexity index is 243. The van der Waals surface area contributed by atoms with E-state index in [0.29, 0.717) is 12.5 Å². The molecule has 0 radical (unpaired) electrons. The van der Waals surface area contributed by atoms with Crippen molar-refractivity contribution >= 4 is 17.6 Å². The highest BCUT2D eigenvalue weighted by Gasteiger charge is 2.22. The molecule has 0 unspecified atom stereocenters. The standard InChI is InChI=1S/C12H20ClNO2/c1-16-12(15)7-5-3-2-4-6-11-10(13)8-9-14-11/h2,4,10-11,14H,3,5-9H2,1H3/t10-,11-/m1/s1. The van der Waals surface area contributed by atoms with E-state index in [1.165, 1.54) is 7.11 Å². The fraction of sp³-hybridized carbons (Fsp3) is 0.750. The summed E-state index contributed by atoms with van der Waals surface area (Å²) in [5.41, 5.74) is 0. The molecular formula is C12H20ClNO2. The Balaban J connectivity index is 2.02. The molecule has 92 valence electrons. The molecule has 1 aliphatic rings. The second kappa shape index (κ2) is 7.69. The van der Waals surface area contributed by atoms with Gasteiger partial charge in [-0.1, -0.05) is 12.2 Å². The first-order chi connectivity index (χ1) is 7.74. The van der Waals surface area contributed by atoms with Gasteiger partial charge in [0.15, 0.2) is 0 Å². The maximum absolute atomic E-state index is 10.8. The van der Waals surface area contributed by atoms with Gasteiger partial charge in [-0.3, -0.25) is 4.79 Å². The van der Waals surface area contributed by atoms with Crippen LogP contribution < -0.4 is 5.32 Å². The number of alkyl halides is 1. The second-order valence-electron chi connectivity index (χ2n) is 4.04. The molecule has 0 aromatic heterocycles. The van der Waals surface area contributed by atoms with E-state index in [9.17, 15) is 4.79 Å². The molecule has 1 heterocycles. The van der Waals surface area contributed by atoms with Crippen molar-refractivity contribution in [3.05, 3.63) is 12.2 Å². The number of methoxy groups -OCH3 is 1. The van der Waals surface area contributed by atoms with Crippen LogP contribution in [0.25, 0.3) is 0 Å². The minimum atomic E-state index is -0.133. The average Bonchev–Trinajstić information content (AvgIpc) is 2.69. The van der Waals surface area contributed by atoms with Crippen molar-refractivity contribution in [3.63, 3.8) is 0 Å². The number of carbonyl (C=O) groups excluding carboxylic acids is 1. The van der Waals surface area contributed by atoms with Crippen LogP contribution in [-0.4, -0.2) is 31.0 Å². The van der Waals surface area contributed by atoms with Gasteiger partial charge in [0.2, 0.25) is 0 Å². The topological polar surface area (TPSA) is 38.3 Å². The fourth-order valence-corrected chi connectivity index (χ4v) is 2.09.